The molecular formula is C12H22N2O2S. The van der Waals surface area contributed by atoms with E-state index in [0.717, 1.165) is 43.6 Å². The number of ether oxygens (including phenoxy) is 1. The molecule has 0 aliphatic heterocycles. The maximum atomic E-state index is 5.30. The van der Waals surface area contributed by atoms with Gasteiger partial charge < -0.3 is 14.5 Å². The molecule has 98 valence electrons. The lowest BCUT2D eigenvalue weighted by Gasteiger charge is -2.09. The van der Waals surface area contributed by atoms with Gasteiger partial charge >= 0.3 is 0 Å². The van der Waals surface area contributed by atoms with Crippen LogP contribution in [0.25, 0.3) is 0 Å². The molecule has 1 N–H and O–H groups in total. The van der Waals surface area contributed by atoms with Crippen molar-refractivity contribution in [2.24, 2.45) is 0 Å². The summed E-state index contributed by atoms with van der Waals surface area (Å²) in [6.45, 7) is 9.71. The summed E-state index contributed by atoms with van der Waals surface area (Å²) in [6, 6.07) is 0. The van der Waals surface area contributed by atoms with Crippen molar-refractivity contribution in [2.45, 2.75) is 37.7 Å². The van der Waals surface area contributed by atoms with Crippen LogP contribution in [0.1, 0.15) is 26.0 Å². The quantitative estimate of drug-likeness (QED) is 0.544. The predicted octanol–water partition coefficient (Wildman–Crippen LogP) is 2.48. The van der Waals surface area contributed by atoms with Gasteiger partial charge in [0.2, 0.25) is 0 Å². The molecule has 1 rings (SSSR count). The van der Waals surface area contributed by atoms with Crippen molar-refractivity contribution in [3.63, 3.8) is 0 Å². The first kappa shape index (κ1) is 14.5. The Balaban J connectivity index is 2.03. The van der Waals surface area contributed by atoms with Gasteiger partial charge in [-0.2, -0.15) is 0 Å². The first-order valence-corrected chi connectivity index (χ1v) is 6.97. The Kier molecular flexibility index (Phi) is 7.32. The number of aryl methyl sites for hydroxylation is 1. The van der Waals surface area contributed by atoms with Crippen LogP contribution in [0.4, 0.5) is 0 Å². The van der Waals surface area contributed by atoms with E-state index in [1.807, 2.05) is 13.8 Å². The largest absolute Gasteiger partial charge is 0.440 e. The molecule has 1 unspecified atom stereocenters. The van der Waals surface area contributed by atoms with Gasteiger partial charge in [-0.1, -0.05) is 18.7 Å². The summed E-state index contributed by atoms with van der Waals surface area (Å²) in [6.07, 6.45) is 2.74. The molecule has 4 nitrogen and oxygen atoms in total. The third-order valence-electron chi connectivity index (χ3n) is 2.18. The second-order valence-corrected chi connectivity index (χ2v) is 5.33. The predicted molar refractivity (Wildman–Crippen MR) is 70.5 cm³/mol. The summed E-state index contributed by atoms with van der Waals surface area (Å²) in [5.74, 6) is 0. The zero-order valence-electron chi connectivity index (χ0n) is 10.9. The molecule has 5 heteroatoms. The summed E-state index contributed by atoms with van der Waals surface area (Å²) in [5, 5.41) is 4.61. The fraction of sp³-hybridized carbons (Fsp3) is 0.750. The molecule has 0 spiro atoms. The molecule has 0 saturated carbocycles. The van der Waals surface area contributed by atoms with E-state index in [4.69, 9.17) is 9.15 Å². The van der Waals surface area contributed by atoms with E-state index in [1.165, 1.54) is 0 Å². The molecule has 0 fully saturated rings. The average Bonchev–Trinajstić information content (AvgIpc) is 2.69. The summed E-state index contributed by atoms with van der Waals surface area (Å²) in [7, 11) is 0. The van der Waals surface area contributed by atoms with Gasteiger partial charge in [0.25, 0.3) is 5.22 Å². The second kappa shape index (κ2) is 8.55. The number of hydrogen-bond acceptors (Lipinski definition) is 5. The standard InChI is InChI=1S/C12H22N2O2S/c1-4-15-7-5-6-13-8-11(3)17-12-14-10(2)9-16-12/h9,11,13H,4-8H2,1-3H3. The molecule has 0 aliphatic rings. The molecule has 0 bridgehead atoms. The summed E-state index contributed by atoms with van der Waals surface area (Å²) >= 11 is 1.66. The van der Waals surface area contributed by atoms with Gasteiger partial charge in [0.15, 0.2) is 0 Å². The van der Waals surface area contributed by atoms with E-state index >= 15 is 0 Å². The van der Waals surface area contributed by atoms with Crippen molar-refractivity contribution < 1.29 is 9.15 Å². The Morgan fingerprint density at radius 2 is 2.41 bits per heavy atom. The number of thioether (sulfide) groups is 1. The number of hydrogen-bond donors (Lipinski definition) is 1. The van der Waals surface area contributed by atoms with Crippen LogP contribution < -0.4 is 5.32 Å². The summed E-state index contributed by atoms with van der Waals surface area (Å²) in [5.41, 5.74) is 0.935. The minimum atomic E-state index is 0.458. The van der Waals surface area contributed by atoms with Crippen molar-refractivity contribution in [1.82, 2.24) is 10.3 Å². The normalized spacial score (nSPS) is 12.9. The van der Waals surface area contributed by atoms with Crippen molar-refractivity contribution in [3.05, 3.63) is 12.0 Å². The Labute approximate surface area is 108 Å². The first-order valence-electron chi connectivity index (χ1n) is 6.09. The maximum Gasteiger partial charge on any atom is 0.256 e. The Bertz CT molecular complexity index is 304. The van der Waals surface area contributed by atoms with Gasteiger partial charge in [-0.05, 0) is 26.8 Å². The third-order valence-corrected chi connectivity index (χ3v) is 3.14. The number of aromatic nitrogens is 1. The SMILES string of the molecule is CCOCCCNCC(C)Sc1nc(C)co1. The Hall–Kier alpha value is -0.520. The molecule has 1 aromatic rings. The van der Waals surface area contributed by atoms with E-state index in [-0.39, 0.29) is 0 Å². The van der Waals surface area contributed by atoms with Crippen LogP contribution in [0.3, 0.4) is 0 Å². The first-order chi connectivity index (χ1) is 8.22. The van der Waals surface area contributed by atoms with E-state index < -0.39 is 0 Å². The molecule has 1 atom stereocenters. The van der Waals surface area contributed by atoms with Gasteiger partial charge in [-0.3, -0.25) is 0 Å². The fourth-order valence-electron chi connectivity index (χ4n) is 1.35. The lowest BCUT2D eigenvalue weighted by Crippen LogP contribution is -2.24. The van der Waals surface area contributed by atoms with Crippen LogP contribution in [0.5, 0.6) is 0 Å². The van der Waals surface area contributed by atoms with Crippen LogP contribution >= 0.6 is 11.8 Å². The zero-order valence-corrected chi connectivity index (χ0v) is 11.7. The fourth-order valence-corrected chi connectivity index (χ4v) is 2.19. The Morgan fingerprint density at radius 3 is 3.06 bits per heavy atom. The van der Waals surface area contributed by atoms with Crippen molar-refractivity contribution in [2.75, 3.05) is 26.3 Å². The maximum absolute atomic E-state index is 5.30. The average molecular weight is 258 g/mol. The van der Waals surface area contributed by atoms with E-state index in [2.05, 4.69) is 17.2 Å². The van der Waals surface area contributed by atoms with Gasteiger partial charge in [0.1, 0.15) is 6.26 Å². The van der Waals surface area contributed by atoms with Crippen molar-refractivity contribution >= 4 is 11.8 Å². The minimum Gasteiger partial charge on any atom is -0.440 e. The van der Waals surface area contributed by atoms with Crippen LogP contribution in [0.15, 0.2) is 15.9 Å². The molecule has 0 aromatic carbocycles. The lowest BCUT2D eigenvalue weighted by atomic mass is 10.4. The summed E-state index contributed by atoms with van der Waals surface area (Å²) in [4.78, 5) is 4.27. The minimum absolute atomic E-state index is 0.458. The molecular weight excluding hydrogens is 236 g/mol. The van der Waals surface area contributed by atoms with E-state index in [0.29, 0.717) is 5.25 Å². The zero-order chi connectivity index (χ0) is 12.5. The molecule has 17 heavy (non-hydrogen) atoms. The molecule has 0 saturated heterocycles. The second-order valence-electron chi connectivity index (χ2n) is 3.94. The highest BCUT2D eigenvalue weighted by Crippen LogP contribution is 2.21. The van der Waals surface area contributed by atoms with Gasteiger partial charge in [-0.25, -0.2) is 4.98 Å². The lowest BCUT2D eigenvalue weighted by molar-refractivity contribution is 0.145. The third kappa shape index (κ3) is 6.71. The highest BCUT2D eigenvalue weighted by molar-refractivity contribution is 7.99. The van der Waals surface area contributed by atoms with E-state index in [1.54, 1.807) is 18.0 Å². The molecule has 0 amide bonds. The molecule has 0 aliphatic carbocycles. The number of oxazole rings is 1. The molecule has 1 aromatic heterocycles. The highest BCUT2D eigenvalue weighted by atomic mass is 32.2. The Morgan fingerprint density at radius 1 is 1.59 bits per heavy atom. The summed E-state index contributed by atoms with van der Waals surface area (Å²) < 4.78 is 10.6. The highest BCUT2D eigenvalue weighted by Gasteiger charge is 2.08. The van der Waals surface area contributed by atoms with Crippen LogP contribution in [0.2, 0.25) is 0 Å². The monoisotopic (exact) mass is 258 g/mol. The van der Waals surface area contributed by atoms with Crippen LogP contribution in [-0.2, 0) is 4.74 Å². The van der Waals surface area contributed by atoms with Gasteiger partial charge in [0, 0.05) is 25.0 Å². The number of rotatable bonds is 9. The smallest absolute Gasteiger partial charge is 0.256 e. The molecule has 0 radical (unpaired) electrons. The van der Waals surface area contributed by atoms with Gasteiger partial charge in [-0.15, -0.1) is 0 Å². The van der Waals surface area contributed by atoms with Crippen LogP contribution in [-0.4, -0.2) is 36.5 Å². The number of nitrogens with zero attached hydrogens (tertiary/aromatic N) is 1. The van der Waals surface area contributed by atoms with Crippen molar-refractivity contribution in [3.8, 4) is 0 Å². The van der Waals surface area contributed by atoms with Crippen molar-refractivity contribution in [1.29, 1.82) is 0 Å². The van der Waals surface area contributed by atoms with Gasteiger partial charge in [0.05, 0.1) is 5.69 Å². The topological polar surface area (TPSA) is 47.3 Å². The van der Waals surface area contributed by atoms with Crippen LogP contribution in [0, 0.1) is 6.92 Å². The van der Waals surface area contributed by atoms with E-state index in [9.17, 15) is 0 Å². The number of nitrogens with one attached hydrogen (secondary N) is 1. The molecule has 1 heterocycles.